The molecule has 5 heteroatoms. The highest BCUT2D eigenvalue weighted by atomic mass is 16.6. The lowest BCUT2D eigenvalue weighted by Gasteiger charge is -2.07. The van der Waals surface area contributed by atoms with Gasteiger partial charge in [0.05, 0.1) is 21.9 Å². The van der Waals surface area contributed by atoms with Crippen LogP contribution < -0.4 is 5.43 Å². The minimum absolute atomic E-state index is 0.0562. The molecule has 0 aliphatic heterocycles. The van der Waals surface area contributed by atoms with E-state index in [9.17, 15) is 10.1 Å². The van der Waals surface area contributed by atoms with Gasteiger partial charge in [0, 0.05) is 6.07 Å². The van der Waals surface area contributed by atoms with Crippen LogP contribution in [0.15, 0.2) is 53.6 Å². The zero-order chi connectivity index (χ0) is 16.1. The quantitative estimate of drug-likeness (QED) is 0.500. The molecule has 22 heavy (non-hydrogen) atoms. The lowest BCUT2D eigenvalue weighted by atomic mass is 10.0. The molecular formula is C17H19N3O2. The molecular weight excluding hydrogens is 278 g/mol. The number of hydrogen-bond donors (Lipinski definition) is 1. The molecule has 1 N–H and O–H groups in total. The highest BCUT2D eigenvalue weighted by Crippen LogP contribution is 2.20. The number of hydrazone groups is 1. The molecule has 0 saturated carbocycles. The van der Waals surface area contributed by atoms with Crippen molar-refractivity contribution in [2.45, 2.75) is 26.7 Å². The van der Waals surface area contributed by atoms with Gasteiger partial charge >= 0.3 is 0 Å². The third-order valence-electron chi connectivity index (χ3n) is 3.42. The summed E-state index contributed by atoms with van der Waals surface area (Å²) in [6, 6.07) is 14.6. The first-order valence-corrected chi connectivity index (χ1v) is 7.13. The molecule has 0 spiro atoms. The van der Waals surface area contributed by atoms with Crippen molar-refractivity contribution in [1.82, 2.24) is 0 Å². The van der Waals surface area contributed by atoms with E-state index in [0.717, 1.165) is 5.69 Å². The van der Waals surface area contributed by atoms with Crippen LogP contribution in [0.4, 0.5) is 11.4 Å². The summed E-state index contributed by atoms with van der Waals surface area (Å²) < 4.78 is 0. The van der Waals surface area contributed by atoms with E-state index in [1.54, 1.807) is 25.1 Å². The second-order valence-corrected chi connectivity index (χ2v) is 5.36. The summed E-state index contributed by atoms with van der Waals surface area (Å²) in [4.78, 5) is 10.6. The van der Waals surface area contributed by atoms with Crippen LogP contribution in [0.3, 0.4) is 0 Å². The van der Waals surface area contributed by atoms with Crippen molar-refractivity contribution in [3.63, 3.8) is 0 Å². The van der Waals surface area contributed by atoms with E-state index >= 15 is 0 Å². The van der Waals surface area contributed by atoms with Crippen LogP contribution in [-0.2, 0) is 0 Å². The van der Waals surface area contributed by atoms with Gasteiger partial charge in [-0.3, -0.25) is 15.5 Å². The minimum Gasteiger partial charge on any atom is -0.278 e. The van der Waals surface area contributed by atoms with Crippen LogP contribution in [0, 0.1) is 10.1 Å². The first kappa shape index (κ1) is 15.7. The summed E-state index contributed by atoms with van der Waals surface area (Å²) in [5.41, 5.74) is 6.18. The molecule has 0 saturated heterocycles. The first-order valence-electron chi connectivity index (χ1n) is 7.13. The normalized spacial score (nSPS) is 11.5. The predicted molar refractivity (Wildman–Crippen MR) is 89.5 cm³/mol. The number of para-hydroxylation sites is 1. The van der Waals surface area contributed by atoms with Crippen LogP contribution in [0.2, 0.25) is 0 Å². The van der Waals surface area contributed by atoms with E-state index < -0.39 is 4.92 Å². The molecule has 2 aromatic rings. The van der Waals surface area contributed by atoms with Gasteiger partial charge in [-0.15, -0.1) is 0 Å². The molecule has 0 atom stereocenters. The van der Waals surface area contributed by atoms with Gasteiger partial charge in [0.15, 0.2) is 0 Å². The van der Waals surface area contributed by atoms with Crippen LogP contribution in [0.1, 0.15) is 37.8 Å². The van der Waals surface area contributed by atoms with Crippen LogP contribution >= 0.6 is 0 Å². The molecule has 0 aliphatic carbocycles. The Hall–Kier alpha value is -2.69. The topological polar surface area (TPSA) is 67.5 Å². The van der Waals surface area contributed by atoms with Gasteiger partial charge < -0.3 is 0 Å². The largest absolute Gasteiger partial charge is 0.278 e. The molecule has 0 heterocycles. The van der Waals surface area contributed by atoms with E-state index in [-0.39, 0.29) is 5.69 Å². The third kappa shape index (κ3) is 3.69. The Morgan fingerprint density at radius 2 is 1.77 bits per heavy atom. The fourth-order valence-corrected chi connectivity index (χ4v) is 2.09. The zero-order valence-corrected chi connectivity index (χ0v) is 12.9. The molecule has 5 nitrogen and oxygen atoms in total. The van der Waals surface area contributed by atoms with Crippen molar-refractivity contribution in [3.05, 3.63) is 69.8 Å². The van der Waals surface area contributed by atoms with Crippen LogP contribution in [-0.4, -0.2) is 10.6 Å². The van der Waals surface area contributed by atoms with Crippen molar-refractivity contribution >= 4 is 17.1 Å². The lowest BCUT2D eigenvalue weighted by Crippen LogP contribution is -2.03. The molecule has 0 radical (unpaired) electrons. The Bertz CT molecular complexity index is 691. The number of rotatable bonds is 5. The summed E-state index contributed by atoms with van der Waals surface area (Å²) in [5, 5.41) is 15.3. The van der Waals surface area contributed by atoms with E-state index in [1.165, 1.54) is 11.6 Å². The SMILES string of the molecule is C/C(=N\Nc1ccc(C(C)C)cc1)c1ccccc1[N+](=O)[O-]. The maximum Gasteiger partial charge on any atom is 0.278 e. The van der Waals surface area contributed by atoms with Crippen molar-refractivity contribution in [2.75, 3.05) is 5.43 Å². The molecule has 114 valence electrons. The Morgan fingerprint density at radius 3 is 2.36 bits per heavy atom. The third-order valence-corrected chi connectivity index (χ3v) is 3.42. The Morgan fingerprint density at radius 1 is 1.14 bits per heavy atom. The van der Waals surface area contributed by atoms with E-state index in [0.29, 0.717) is 17.2 Å². The highest BCUT2D eigenvalue weighted by molar-refractivity contribution is 6.02. The molecule has 0 unspecified atom stereocenters. The molecule has 0 aliphatic rings. The van der Waals surface area contributed by atoms with Gasteiger partial charge in [-0.1, -0.05) is 38.1 Å². The summed E-state index contributed by atoms with van der Waals surface area (Å²) in [7, 11) is 0. The van der Waals surface area contributed by atoms with E-state index in [4.69, 9.17) is 0 Å². The first-order chi connectivity index (χ1) is 10.5. The van der Waals surface area contributed by atoms with Gasteiger partial charge in [-0.2, -0.15) is 5.10 Å². The van der Waals surface area contributed by atoms with Crippen molar-refractivity contribution in [3.8, 4) is 0 Å². The summed E-state index contributed by atoms with van der Waals surface area (Å²) in [5.74, 6) is 0.478. The van der Waals surface area contributed by atoms with Crippen molar-refractivity contribution in [2.24, 2.45) is 5.10 Å². The van der Waals surface area contributed by atoms with Gasteiger partial charge in [-0.05, 0) is 36.6 Å². The number of anilines is 1. The number of benzene rings is 2. The van der Waals surface area contributed by atoms with Crippen molar-refractivity contribution in [1.29, 1.82) is 0 Å². The standard InChI is InChI=1S/C17H19N3O2/c1-12(2)14-8-10-15(11-9-14)19-18-13(3)16-6-4-5-7-17(16)20(21)22/h4-12,19H,1-3H3/b18-13+. The number of hydrogen-bond acceptors (Lipinski definition) is 4. The molecule has 0 bridgehead atoms. The van der Waals surface area contributed by atoms with Crippen LogP contribution in [0.25, 0.3) is 0 Å². The second-order valence-electron chi connectivity index (χ2n) is 5.36. The van der Waals surface area contributed by atoms with Gasteiger partial charge in [0.1, 0.15) is 0 Å². The Balaban J connectivity index is 2.18. The number of nitro benzene ring substituents is 1. The Labute approximate surface area is 129 Å². The molecule has 2 aromatic carbocycles. The molecule has 2 rings (SSSR count). The highest BCUT2D eigenvalue weighted by Gasteiger charge is 2.14. The minimum atomic E-state index is -0.397. The summed E-state index contributed by atoms with van der Waals surface area (Å²) >= 11 is 0. The number of nitro groups is 1. The molecule has 0 amide bonds. The number of nitrogens with zero attached hydrogens (tertiary/aromatic N) is 2. The second kappa shape index (κ2) is 6.85. The zero-order valence-electron chi connectivity index (χ0n) is 12.9. The summed E-state index contributed by atoms with van der Waals surface area (Å²) in [6.45, 7) is 6.02. The lowest BCUT2D eigenvalue weighted by molar-refractivity contribution is -0.385. The number of nitrogens with one attached hydrogen (secondary N) is 1. The maximum atomic E-state index is 11.0. The van der Waals surface area contributed by atoms with Gasteiger partial charge in [0.2, 0.25) is 0 Å². The smallest absolute Gasteiger partial charge is 0.278 e. The molecule has 0 fully saturated rings. The molecule has 0 aromatic heterocycles. The fraction of sp³-hybridized carbons (Fsp3) is 0.235. The van der Waals surface area contributed by atoms with Crippen molar-refractivity contribution < 1.29 is 4.92 Å². The average molecular weight is 297 g/mol. The monoisotopic (exact) mass is 297 g/mol. The van der Waals surface area contributed by atoms with Crippen LogP contribution in [0.5, 0.6) is 0 Å². The fourth-order valence-electron chi connectivity index (χ4n) is 2.09. The van der Waals surface area contributed by atoms with E-state index in [2.05, 4.69) is 24.4 Å². The predicted octanol–water partition coefficient (Wildman–Crippen LogP) is 4.55. The van der Waals surface area contributed by atoms with Gasteiger partial charge in [-0.25, -0.2) is 0 Å². The summed E-state index contributed by atoms with van der Waals surface area (Å²) in [6.07, 6.45) is 0. The Kier molecular flexibility index (Phi) is 4.88. The van der Waals surface area contributed by atoms with E-state index in [1.807, 2.05) is 24.3 Å². The van der Waals surface area contributed by atoms with Gasteiger partial charge in [0.25, 0.3) is 5.69 Å². The average Bonchev–Trinajstić information content (AvgIpc) is 2.53. The maximum absolute atomic E-state index is 11.0.